The smallest absolute Gasteiger partial charge is 0.276 e. The molecule has 0 aliphatic carbocycles. The van der Waals surface area contributed by atoms with Gasteiger partial charge in [0.05, 0.1) is 6.10 Å². The van der Waals surface area contributed by atoms with Crippen LogP contribution in [0.3, 0.4) is 0 Å². The molecule has 0 saturated carbocycles. The van der Waals surface area contributed by atoms with Gasteiger partial charge in [-0.25, -0.2) is 4.72 Å². The lowest BCUT2D eigenvalue weighted by molar-refractivity contribution is 0.152. The monoisotopic (exact) mass is 224 g/mol. The Bertz CT molecular complexity index is 239. The van der Waals surface area contributed by atoms with Crippen LogP contribution in [0.15, 0.2) is 0 Å². The van der Waals surface area contributed by atoms with E-state index in [4.69, 9.17) is 0 Å². The minimum atomic E-state index is -3.42. The summed E-state index contributed by atoms with van der Waals surface area (Å²) in [5, 5.41) is 9.40. The van der Waals surface area contributed by atoms with E-state index >= 15 is 0 Å². The molecule has 0 saturated heterocycles. The van der Waals surface area contributed by atoms with E-state index < -0.39 is 16.3 Å². The first-order valence-corrected chi connectivity index (χ1v) is 6.28. The zero-order chi connectivity index (χ0) is 11.2. The molecule has 3 N–H and O–H groups in total. The SMILES string of the molecule is CCNS(=O)(=O)NCC(O)CC(C)C. The third-order valence-corrected chi connectivity index (χ3v) is 2.80. The Morgan fingerprint density at radius 1 is 1.29 bits per heavy atom. The minimum Gasteiger partial charge on any atom is -0.392 e. The molecule has 1 unspecified atom stereocenters. The molecule has 5 nitrogen and oxygen atoms in total. The van der Waals surface area contributed by atoms with E-state index in [0.29, 0.717) is 18.9 Å². The van der Waals surface area contributed by atoms with E-state index in [9.17, 15) is 13.5 Å². The summed E-state index contributed by atoms with van der Waals surface area (Å²) in [7, 11) is -3.42. The fourth-order valence-corrected chi connectivity index (χ4v) is 1.97. The molecule has 0 aliphatic rings. The van der Waals surface area contributed by atoms with Crippen LogP contribution in [0.25, 0.3) is 0 Å². The van der Waals surface area contributed by atoms with Crippen LogP contribution in [0, 0.1) is 5.92 Å². The molecule has 0 heterocycles. The molecule has 0 amide bonds. The van der Waals surface area contributed by atoms with E-state index in [2.05, 4.69) is 9.44 Å². The number of aliphatic hydroxyl groups excluding tert-OH is 1. The van der Waals surface area contributed by atoms with E-state index in [-0.39, 0.29) is 6.54 Å². The highest BCUT2D eigenvalue weighted by Gasteiger charge is 2.12. The number of hydrogen-bond donors (Lipinski definition) is 3. The molecule has 86 valence electrons. The molecule has 0 aromatic heterocycles. The molecule has 1 atom stereocenters. The van der Waals surface area contributed by atoms with Gasteiger partial charge in [0.2, 0.25) is 0 Å². The Morgan fingerprint density at radius 2 is 1.86 bits per heavy atom. The molecule has 14 heavy (non-hydrogen) atoms. The van der Waals surface area contributed by atoms with Gasteiger partial charge in [-0.05, 0) is 12.3 Å². The second-order valence-corrected chi connectivity index (χ2v) is 5.22. The van der Waals surface area contributed by atoms with Gasteiger partial charge in [0, 0.05) is 13.1 Å². The third kappa shape index (κ3) is 7.25. The number of hydrogen-bond acceptors (Lipinski definition) is 3. The quantitative estimate of drug-likeness (QED) is 0.562. The second kappa shape index (κ2) is 6.34. The van der Waals surface area contributed by atoms with Crippen molar-refractivity contribution in [3.8, 4) is 0 Å². The summed E-state index contributed by atoms with van der Waals surface area (Å²) in [6, 6.07) is 0. The van der Waals surface area contributed by atoms with Crippen molar-refractivity contribution in [3.63, 3.8) is 0 Å². The van der Waals surface area contributed by atoms with Gasteiger partial charge in [0.1, 0.15) is 0 Å². The average Bonchev–Trinajstić information content (AvgIpc) is 2.00. The number of aliphatic hydroxyl groups is 1. The lowest BCUT2D eigenvalue weighted by Crippen LogP contribution is -2.40. The van der Waals surface area contributed by atoms with Gasteiger partial charge in [-0.1, -0.05) is 20.8 Å². The van der Waals surface area contributed by atoms with Crippen molar-refractivity contribution in [2.45, 2.75) is 33.3 Å². The van der Waals surface area contributed by atoms with Crippen LogP contribution in [0.4, 0.5) is 0 Å². The van der Waals surface area contributed by atoms with Crippen molar-refractivity contribution >= 4 is 10.2 Å². The standard InChI is InChI=1S/C8H20N2O3S/c1-4-9-14(12,13)10-6-8(11)5-7(2)3/h7-11H,4-6H2,1-3H3. The van der Waals surface area contributed by atoms with Crippen molar-refractivity contribution in [1.29, 1.82) is 0 Å². The highest BCUT2D eigenvalue weighted by molar-refractivity contribution is 7.87. The fourth-order valence-electron chi connectivity index (χ4n) is 1.07. The van der Waals surface area contributed by atoms with Gasteiger partial charge >= 0.3 is 0 Å². The Morgan fingerprint density at radius 3 is 2.29 bits per heavy atom. The fraction of sp³-hybridized carbons (Fsp3) is 1.00. The summed E-state index contributed by atoms with van der Waals surface area (Å²) in [6.45, 7) is 6.05. The largest absolute Gasteiger partial charge is 0.392 e. The molecular weight excluding hydrogens is 204 g/mol. The van der Waals surface area contributed by atoms with Gasteiger partial charge in [0.15, 0.2) is 0 Å². The Hall–Kier alpha value is -0.170. The average molecular weight is 224 g/mol. The van der Waals surface area contributed by atoms with Crippen LogP contribution in [-0.4, -0.2) is 32.7 Å². The zero-order valence-corrected chi connectivity index (χ0v) is 9.76. The predicted octanol–water partition coefficient (Wildman–Crippen LogP) is -0.163. The van der Waals surface area contributed by atoms with E-state index in [0.717, 1.165) is 0 Å². The maximum absolute atomic E-state index is 11.1. The lowest BCUT2D eigenvalue weighted by atomic mass is 10.1. The predicted molar refractivity (Wildman–Crippen MR) is 56.1 cm³/mol. The molecule has 0 rings (SSSR count). The number of rotatable bonds is 7. The Labute approximate surface area is 86.1 Å². The first-order chi connectivity index (χ1) is 6.37. The van der Waals surface area contributed by atoms with Crippen molar-refractivity contribution in [2.24, 2.45) is 5.92 Å². The highest BCUT2D eigenvalue weighted by atomic mass is 32.2. The van der Waals surface area contributed by atoms with Crippen LogP contribution in [0.1, 0.15) is 27.2 Å². The summed E-state index contributed by atoms with van der Waals surface area (Å²) in [5.74, 6) is 0.355. The summed E-state index contributed by atoms with van der Waals surface area (Å²) in [6.07, 6.45) is -0.0299. The summed E-state index contributed by atoms with van der Waals surface area (Å²) >= 11 is 0. The first kappa shape index (κ1) is 13.8. The maximum Gasteiger partial charge on any atom is 0.276 e. The zero-order valence-electron chi connectivity index (χ0n) is 8.95. The molecule has 0 aromatic carbocycles. The molecule has 0 aromatic rings. The molecule has 0 bridgehead atoms. The molecule has 6 heteroatoms. The second-order valence-electron chi connectivity index (χ2n) is 3.63. The van der Waals surface area contributed by atoms with Gasteiger partial charge in [-0.2, -0.15) is 13.1 Å². The normalized spacial score (nSPS) is 14.6. The van der Waals surface area contributed by atoms with Crippen LogP contribution in [-0.2, 0) is 10.2 Å². The van der Waals surface area contributed by atoms with Crippen LogP contribution in [0.5, 0.6) is 0 Å². The Balaban J connectivity index is 3.82. The van der Waals surface area contributed by atoms with Gasteiger partial charge in [-0.15, -0.1) is 0 Å². The van der Waals surface area contributed by atoms with Crippen molar-refractivity contribution in [1.82, 2.24) is 9.44 Å². The van der Waals surface area contributed by atoms with E-state index in [1.165, 1.54) is 0 Å². The third-order valence-electron chi connectivity index (χ3n) is 1.59. The summed E-state index contributed by atoms with van der Waals surface area (Å²) in [5.41, 5.74) is 0. The maximum atomic E-state index is 11.1. The number of nitrogens with one attached hydrogen (secondary N) is 2. The summed E-state index contributed by atoms with van der Waals surface area (Å²) < 4.78 is 26.7. The van der Waals surface area contributed by atoms with Crippen molar-refractivity contribution < 1.29 is 13.5 Å². The highest BCUT2D eigenvalue weighted by Crippen LogP contribution is 2.03. The van der Waals surface area contributed by atoms with Gasteiger partial charge in [0.25, 0.3) is 10.2 Å². The summed E-state index contributed by atoms with van der Waals surface area (Å²) in [4.78, 5) is 0. The van der Waals surface area contributed by atoms with E-state index in [1.54, 1.807) is 6.92 Å². The Kier molecular flexibility index (Phi) is 6.26. The molecule has 0 fully saturated rings. The molecule has 0 spiro atoms. The topological polar surface area (TPSA) is 78.4 Å². The molecular formula is C8H20N2O3S. The minimum absolute atomic E-state index is 0.0630. The van der Waals surface area contributed by atoms with Crippen LogP contribution in [0.2, 0.25) is 0 Å². The van der Waals surface area contributed by atoms with Gasteiger partial charge < -0.3 is 5.11 Å². The van der Waals surface area contributed by atoms with E-state index in [1.807, 2.05) is 13.8 Å². The van der Waals surface area contributed by atoms with Crippen LogP contribution < -0.4 is 9.44 Å². The lowest BCUT2D eigenvalue weighted by Gasteiger charge is -2.13. The first-order valence-electron chi connectivity index (χ1n) is 4.79. The van der Waals surface area contributed by atoms with Crippen LogP contribution >= 0.6 is 0 Å². The van der Waals surface area contributed by atoms with Gasteiger partial charge in [-0.3, -0.25) is 0 Å². The molecule has 0 radical (unpaired) electrons. The van der Waals surface area contributed by atoms with Crippen molar-refractivity contribution in [2.75, 3.05) is 13.1 Å². The molecule has 0 aliphatic heterocycles. The van der Waals surface area contributed by atoms with Crippen molar-refractivity contribution in [3.05, 3.63) is 0 Å².